The van der Waals surface area contributed by atoms with Gasteiger partial charge in [0.15, 0.2) is 0 Å². The summed E-state index contributed by atoms with van der Waals surface area (Å²) in [6.45, 7) is 5.46. The van der Waals surface area contributed by atoms with Crippen LogP contribution in [0.3, 0.4) is 0 Å². The van der Waals surface area contributed by atoms with Gasteiger partial charge in [0.1, 0.15) is 11.5 Å². The molecule has 1 aromatic heterocycles. The van der Waals surface area contributed by atoms with E-state index in [2.05, 4.69) is 10.0 Å². The van der Waals surface area contributed by atoms with Crippen LogP contribution in [0.2, 0.25) is 5.02 Å². The van der Waals surface area contributed by atoms with E-state index in [1.807, 2.05) is 26.8 Å². The zero-order valence-corrected chi connectivity index (χ0v) is 15.4. The van der Waals surface area contributed by atoms with Gasteiger partial charge in [-0.25, -0.2) is 13.1 Å². The Labute approximate surface area is 146 Å². The Bertz CT molecular complexity index is 874. The maximum atomic E-state index is 12.5. The molecule has 2 aromatic rings. The van der Waals surface area contributed by atoms with Crippen molar-refractivity contribution in [3.63, 3.8) is 0 Å². The van der Waals surface area contributed by atoms with Crippen molar-refractivity contribution in [2.45, 2.75) is 31.7 Å². The summed E-state index contributed by atoms with van der Waals surface area (Å²) < 4.78 is 31.4. The molecule has 6 nitrogen and oxygen atoms in total. The molecule has 2 N–H and O–H groups in total. The van der Waals surface area contributed by atoms with Crippen LogP contribution in [-0.2, 0) is 10.0 Å². The zero-order valence-electron chi connectivity index (χ0n) is 13.8. The molecule has 0 saturated carbocycles. The number of rotatable bonds is 5. The Hall–Kier alpha value is -1.83. The molecule has 24 heavy (non-hydrogen) atoms. The van der Waals surface area contributed by atoms with Gasteiger partial charge in [0.2, 0.25) is 10.0 Å². The highest BCUT2D eigenvalue weighted by Crippen LogP contribution is 2.24. The molecule has 130 valence electrons. The molecule has 1 amide bonds. The van der Waals surface area contributed by atoms with Crippen LogP contribution in [0, 0.1) is 13.8 Å². The van der Waals surface area contributed by atoms with Gasteiger partial charge in [-0.15, -0.1) is 0 Å². The summed E-state index contributed by atoms with van der Waals surface area (Å²) in [5.41, 5.74) is 0.952. The van der Waals surface area contributed by atoms with Crippen molar-refractivity contribution >= 4 is 27.5 Å². The Balaban J connectivity index is 2.30. The van der Waals surface area contributed by atoms with E-state index in [0.29, 0.717) is 0 Å². The first-order valence-corrected chi connectivity index (χ1v) is 9.12. The van der Waals surface area contributed by atoms with Gasteiger partial charge < -0.3 is 9.73 Å². The number of halogens is 1. The maximum absolute atomic E-state index is 12.5. The smallest absolute Gasteiger partial charge is 0.253 e. The average Bonchev–Trinajstić information content (AvgIpc) is 2.86. The van der Waals surface area contributed by atoms with Crippen molar-refractivity contribution in [2.75, 3.05) is 7.05 Å². The largest absolute Gasteiger partial charge is 0.466 e. The van der Waals surface area contributed by atoms with Crippen LogP contribution in [0.15, 0.2) is 33.6 Å². The Morgan fingerprint density at radius 1 is 1.25 bits per heavy atom. The first kappa shape index (κ1) is 18.5. The first-order chi connectivity index (χ1) is 11.2. The van der Waals surface area contributed by atoms with Crippen LogP contribution in [0.4, 0.5) is 0 Å². The van der Waals surface area contributed by atoms with Crippen LogP contribution in [-0.4, -0.2) is 21.4 Å². The Morgan fingerprint density at radius 3 is 2.46 bits per heavy atom. The van der Waals surface area contributed by atoms with E-state index < -0.39 is 15.9 Å². The fourth-order valence-corrected chi connectivity index (χ4v) is 3.36. The molecular weight excluding hydrogens is 352 g/mol. The van der Waals surface area contributed by atoms with E-state index in [-0.39, 0.29) is 21.5 Å². The summed E-state index contributed by atoms with van der Waals surface area (Å²) in [6, 6.07) is 5.53. The molecule has 1 unspecified atom stereocenters. The quantitative estimate of drug-likeness (QED) is 0.846. The van der Waals surface area contributed by atoms with Crippen LogP contribution in [0.1, 0.15) is 40.4 Å². The van der Waals surface area contributed by atoms with Crippen molar-refractivity contribution in [1.82, 2.24) is 10.0 Å². The first-order valence-electron chi connectivity index (χ1n) is 7.26. The molecular formula is C16H19ClN2O4S. The number of carbonyl (C=O) groups excluding carboxylic acids is 1. The number of nitrogens with one attached hydrogen (secondary N) is 2. The fraction of sp³-hybridized carbons (Fsp3) is 0.312. The van der Waals surface area contributed by atoms with Gasteiger partial charge in [0, 0.05) is 5.56 Å². The van der Waals surface area contributed by atoms with Gasteiger partial charge in [-0.3, -0.25) is 4.79 Å². The number of hydrogen-bond acceptors (Lipinski definition) is 4. The lowest BCUT2D eigenvalue weighted by Gasteiger charge is -2.14. The molecule has 0 spiro atoms. The van der Waals surface area contributed by atoms with Crippen molar-refractivity contribution in [3.05, 3.63) is 51.9 Å². The minimum atomic E-state index is -3.66. The average molecular weight is 371 g/mol. The third-order valence-corrected chi connectivity index (χ3v) is 5.40. The predicted molar refractivity (Wildman–Crippen MR) is 91.8 cm³/mol. The van der Waals surface area contributed by atoms with Gasteiger partial charge in [-0.2, -0.15) is 0 Å². The molecule has 0 aliphatic heterocycles. The van der Waals surface area contributed by atoms with Crippen LogP contribution in [0.5, 0.6) is 0 Å². The second-order valence-electron chi connectivity index (χ2n) is 5.41. The summed E-state index contributed by atoms with van der Waals surface area (Å²) in [7, 11) is -2.36. The summed E-state index contributed by atoms with van der Waals surface area (Å²) in [5.74, 6) is 1.01. The van der Waals surface area contributed by atoms with Gasteiger partial charge in [-0.1, -0.05) is 11.6 Å². The van der Waals surface area contributed by atoms with E-state index in [1.165, 1.54) is 25.2 Å². The van der Waals surface area contributed by atoms with E-state index in [9.17, 15) is 13.2 Å². The molecule has 8 heteroatoms. The van der Waals surface area contributed by atoms with Crippen molar-refractivity contribution < 1.29 is 17.6 Å². The van der Waals surface area contributed by atoms with Gasteiger partial charge in [0.25, 0.3) is 5.91 Å². The Morgan fingerprint density at radius 2 is 1.92 bits per heavy atom. The van der Waals surface area contributed by atoms with E-state index in [4.69, 9.17) is 16.0 Å². The van der Waals surface area contributed by atoms with Crippen LogP contribution in [0.25, 0.3) is 0 Å². The highest BCUT2D eigenvalue weighted by Gasteiger charge is 2.20. The second kappa shape index (κ2) is 6.96. The van der Waals surface area contributed by atoms with E-state index in [0.717, 1.165) is 17.1 Å². The van der Waals surface area contributed by atoms with Crippen molar-refractivity contribution in [3.8, 4) is 0 Å². The number of benzene rings is 1. The third kappa shape index (κ3) is 3.80. The van der Waals surface area contributed by atoms with Crippen LogP contribution >= 0.6 is 11.6 Å². The van der Waals surface area contributed by atoms with Crippen molar-refractivity contribution in [2.24, 2.45) is 0 Å². The van der Waals surface area contributed by atoms with Gasteiger partial charge in [-0.05, 0) is 52.1 Å². The second-order valence-corrected chi connectivity index (χ2v) is 7.71. The fourth-order valence-electron chi connectivity index (χ4n) is 2.40. The summed E-state index contributed by atoms with van der Waals surface area (Å²) in [6.07, 6.45) is 0. The SMILES string of the molecule is CNS(=O)(=O)c1ccc(Cl)c(C(=O)NC(C)c2cc(C)oc2C)c1. The van der Waals surface area contributed by atoms with Gasteiger partial charge >= 0.3 is 0 Å². The Kier molecular flexibility index (Phi) is 5.37. The lowest BCUT2D eigenvalue weighted by atomic mass is 10.1. The highest BCUT2D eigenvalue weighted by atomic mass is 35.5. The molecule has 1 atom stereocenters. The lowest BCUT2D eigenvalue weighted by molar-refractivity contribution is 0.0939. The standard InChI is InChI=1S/C16H19ClN2O4S/c1-9-7-13(11(3)23-9)10(2)19-16(20)14-8-12(5-6-15(14)17)24(21,22)18-4/h5-8,10,18H,1-4H3,(H,19,20). The predicted octanol–water partition coefficient (Wildman–Crippen LogP) is 2.95. The van der Waals surface area contributed by atoms with Gasteiger partial charge in [0.05, 0.1) is 21.5 Å². The normalized spacial score (nSPS) is 12.9. The monoisotopic (exact) mass is 370 g/mol. The lowest BCUT2D eigenvalue weighted by Crippen LogP contribution is -2.27. The number of aryl methyl sites for hydroxylation is 2. The molecule has 0 aliphatic carbocycles. The highest BCUT2D eigenvalue weighted by molar-refractivity contribution is 7.89. The summed E-state index contributed by atoms with van der Waals surface area (Å²) in [5, 5.41) is 2.98. The molecule has 1 heterocycles. The molecule has 0 radical (unpaired) electrons. The number of furan rings is 1. The molecule has 0 aliphatic rings. The number of hydrogen-bond donors (Lipinski definition) is 2. The topological polar surface area (TPSA) is 88.4 Å². The number of carbonyl (C=O) groups is 1. The summed E-state index contributed by atoms with van der Waals surface area (Å²) >= 11 is 6.05. The van der Waals surface area contributed by atoms with Crippen LogP contribution < -0.4 is 10.0 Å². The number of amides is 1. The molecule has 1 aromatic carbocycles. The summed E-state index contributed by atoms with van der Waals surface area (Å²) in [4.78, 5) is 12.5. The van der Waals surface area contributed by atoms with E-state index in [1.54, 1.807) is 0 Å². The molecule has 0 bridgehead atoms. The zero-order chi connectivity index (χ0) is 18.1. The minimum Gasteiger partial charge on any atom is -0.466 e. The maximum Gasteiger partial charge on any atom is 0.253 e. The number of sulfonamides is 1. The molecule has 2 rings (SSSR count). The molecule has 0 saturated heterocycles. The molecule has 0 fully saturated rings. The third-order valence-electron chi connectivity index (χ3n) is 3.65. The minimum absolute atomic E-state index is 0.0254. The van der Waals surface area contributed by atoms with Crippen molar-refractivity contribution in [1.29, 1.82) is 0 Å². The van der Waals surface area contributed by atoms with E-state index >= 15 is 0 Å².